The van der Waals surface area contributed by atoms with Crippen molar-refractivity contribution in [3.05, 3.63) is 40.2 Å². The van der Waals surface area contributed by atoms with Gasteiger partial charge in [-0.2, -0.15) is 0 Å². The van der Waals surface area contributed by atoms with Crippen molar-refractivity contribution in [1.29, 1.82) is 0 Å². The Kier molecular flexibility index (Phi) is 3.95. The lowest BCUT2D eigenvalue weighted by Gasteiger charge is -2.39. The number of aromatic nitrogens is 1. The zero-order valence-corrected chi connectivity index (χ0v) is 14.1. The van der Waals surface area contributed by atoms with Gasteiger partial charge in [-0.1, -0.05) is 0 Å². The van der Waals surface area contributed by atoms with Crippen LogP contribution in [0.2, 0.25) is 0 Å². The topological polar surface area (TPSA) is 49.6 Å². The summed E-state index contributed by atoms with van der Waals surface area (Å²) in [6.07, 6.45) is 6.21. The summed E-state index contributed by atoms with van der Waals surface area (Å²) in [7, 11) is 0. The second-order valence-electron chi connectivity index (χ2n) is 6.44. The van der Waals surface area contributed by atoms with Gasteiger partial charge in [-0.15, -0.1) is 11.3 Å². The van der Waals surface area contributed by atoms with Crippen LogP contribution in [0.3, 0.4) is 0 Å². The molecule has 0 spiro atoms. The Labute approximate surface area is 139 Å². The van der Waals surface area contributed by atoms with Crippen LogP contribution in [-0.2, 0) is 17.9 Å². The van der Waals surface area contributed by atoms with E-state index >= 15 is 0 Å². The first kappa shape index (κ1) is 14.9. The van der Waals surface area contributed by atoms with E-state index in [1.807, 2.05) is 19.3 Å². The standard InChI is InChI=1S/C17H21N3O2S/c1-12-18-14(11-23-12)9-20-16-4-6-19(8-13-5-7-22-10-13)15(16)2-3-17(20)21/h5,7,10-11,15-16H,2-4,6,8-9H2,1H3/t15-,16-/m1/s1. The zero-order valence-electron chi connectivity index (χ0n) is 13.3. The van der Waals surface area contributed by atoms with Crippen LogP contribution in [0.4, 0.5) is 0 Å². The van der Waals surface area contributed by atoms with Crippen molar-refractivity contribution in [2.45, 2.75) is 51.4 Å². The lowest BCUT2D eigenvalue weighted by atomic mass is 9.96. The number of aryl methyl sites for hydroxylation is 1. The molecule has 0 aliphatic carbocycles. The van der Waals surface area contributed by atoms with Gasteiger partial charge in [-0.05, 0) is 25.8 Å². The third kappa shape index (κ3) is 2.93. The smallest absolute Gasteiger partial charge is 0.223 e. The molecule has 2 fully saturated rings. The minimum Gasteiger partial charge on any atom is -0.472 e. The van der Waals surface area contributed by atoms with Gasteiger partial charge in [-0.25, -0.2) is 4.98 Å². The molecule has 122 valence electrons. The number of carbonyl (C=O) groups excluding carboxylic acids is 1. The van der Waals surface area contributed by atoms with Crippen molar-refractivity contribution in [2.24, 2.45) is 0 Å². The van der Waals surface area contributed by atoms with E-state index < -0.39 is 0 Å². The van der Waals surface area contributed by atoms with Crippen molar-refractivity contribution < 1.29 is 9.21 Å². The van der Waals surface area contributed by atoms with Crippen LogP contribution in [-0.4, -0.2) is 39.3 Å². The van der Waals surface area contributed by atoms with E-state index in [4.69, 9.17) is 4.42 Å². The van der Waals surface area contributed by atoms with Gasteiger partial charge in [0.05, 0.1) is 29.8 Å². The van der Waals surface area contributed by atoms with Crippen molar-refractivity contribution in [3.63, 3.8) is 0 Å². The highest BCUT2D eigenvalue weighted by molar-refractivity contribution is 7.09. The molecule has 2 aliphatic rings. The molecule has 2 atom stereocenters. The molecule has 2 saturated heterocycles. The Balaban J connectivity index is 1.49. The van der Waals surface area contributed by atoms with E-state index in [1.54, 1.807) is 17.6 Å². The average molecular weight is 331 g/mol. The second-order valence-corrected chi connectivity index (χ2v) is 7.51. The largest absolute Gasteiger partial charge is 0.472 e. The number of hydrogen-bond donors (Lipinski definition) is 0. The molecule has 0 N–H and O–H groups in total. The van der Waals surface area contributed by atoms with Gasteiger partial charge in [0, 0.05) is 42.5 Å². The Hall–Kier alpha value is -1.66. The molecule has 5 nitrogen and oxygen atoms in total. The highest BCUT2D eigenvalue weighted by atomic mass is 32.1. The van der Waals surface area contributed by atoms with Crippen LogP contribution in [0.25, 0.3) is 0 Å². The Morgan fingerprint density at radius 2 is 2.26 bits per heavy atom. The van der Waals surface area contributed by atoms with E-state index in [-0.39, 0.29) is 5.91 Å². The summed E-state index contributed by atoms with van der Waals surface area (Å²) in [5.41, 5.74) is 2.24. The summed E-state index contributed by atoms with van der Waals surface area (Å²) < 4.78 is 5.18. The van der Waals surface area contributed by atoms with Gasteiger partial charge in [0.25, 0.3) is 0 Å². The van der Waals surface area contributed by atoms with Gasteiger partial charge < -0.3 is 9.32 Å². The highest BCUT2D eigenvalue weighted by Crippen LogP contribution is 2.33. The lowest BCUT2D eigenvalue weighted by molar-refractivity contribution is -0.138. The fourth-order valence-corrected chi connectivity index (χ4v) is 4.52. The first-order valence-corrected chi connectivity index (χ1v) is 9.04. The van der Waals surface area contributed by atoms with Gasteiger partial charge >= 0.3 is 0 Å². The normalized spacial score (nSPS) is 25.1. The maximum Gasteiger partial charge on any atom is 0.223 e. The van der Waals surface area contributed by atoms with E-state index in [0.717, 1.165) is 36.6 Å². The maximum absolute atomic E-state index is 12.4. The van der Waals surface area contributed by atoms with E-state index in [2.05, 4.69) is 20.2 Å². The summed E-state index contributed by atoms with van der Waals surface area (Å²) in [6.45, 7) is 4.62. The fraction of sp³-hybridized carbons (Fsp3) is 0.529. The predicted octanol–water partition coefficient (Wildman–Crippen LogP) is 2.81. The van der Waals surface area contributed by atoms with Crippen LogP contribution in [0.5, 0.6) is 0 Å². The van der Waals surface area contributed by atoms with Crippen molar-refractivity contribution >= 4 is 17.2 Å². The lowest BCUT2D eigenvalue weighted by Crippen LogP contribution is -2.51. The van der Waals surface area contributed by atoms with E-state index in [0.29, 0.717) is 25.0 Å². The molecule has 4 rings (SSSR count). The molecule has 0 unspecified atom stereocenters. The number of piperidine rings is 1. The van der Waals surface area contributed by atoms with Crippen LogP contribution < -0.4 is 0 Å². The molecule has 6 heteroatoms. The maximum atomic E-state index is 12.4. The fourth-order valence-electron chi connectivity index (χ4n) is 3.91. The second kappa shape index (κ2) is 6.09. The van der Waals surface area contributed by atoms with Crippen molar-refractivity contribution in [1.82, 2.24) is 14.8 Å². The summed E-state index contributed by atoms with van der Waals surface area (Å²) in [6, 6.07) is 2.81. The first-order chi connectivity index (χ1) is 11.2. The monoisotopic (exact) mass is 331 g/mol. The highest BCUT2D eigenvalue weighted by Gasteiger charge is 2.43. The molecule has 2 aliphatic heterocycles. The average Bonchev–Trinajstić information content (AvgIpc) is 3.25. The molecule has 1 amide bonds. The van der Waals surface area contributed by atoms with Gasteiger partial charge in [0.2, 0.25) is 5.91 Å². The minimum absolute atomic E-state index is 0.280. The molecular formula is C17H21N3O2S. The molecule has 0 aromatic carbocycles. The van der Waals surface area contributed by atoms with E-state index in [9.17, 15) is 4.79 Å². The van der Waals surface area contributed by atoms with Crippen LogP contribution >= 0.6 is 11.3 Å². The SMILES string of the molecule is Cc1nc(CN2C(=O)CC[C@@H]3[C@H]2CCN3Cc2ccoc2)cs1. The first-order valence-electron chi connectivity index (χ1n) is 8.16. The number of hydrogen-bond acceptors (Lipinski definition) is 5. The zero-order chi connectivity index (χ0) is 15.8. The number of amides is 1. The number of nitrogens with zero attached hydrogens (tertiary/aromatic N) is 3. The summed E-state index contributed by atoms with van der Waals surface area (Å²) >= 11 is 1.65. The minimum atomic E-state index is 0.280. The van der Waals surface area contributed by atoms with Gasteiger partial charge in [0.1, 0.15) is 0 Å². The van der Waals surface area contributed by atoms with Crippen LogP contribution in [0, 0.1) is 6.92 Å². The Morgan fingerprint density at radius 1 is 1.35 bits per heavy atom. The number of likely N-dealkylation sites (tertiary alicyclic amines) is 2. The van der Waals surface area contributed by atoms with Gasteiger partial charge in [-0.3, -0.25) is 9.69 Å². The Bertz CT molecular complexity index is 682. The molecule has 4 heterocycles. The van der Waals surface area contributed by atoms with Crippen molar-refractivity contribution in [3.8, 4) is 0 Å². The van der Waals surface area contributed by atoms with Gasteiger partial charge in [0.15, 0.2) is 0 Å². The summed E-state index contributed by atoms with van der Waals surface area (Å²) in [5.74, 6) is 0.280. The Morgan fingerprint density at radius 3 is 3.00 bits per heavy atom. The molecular weight excluding hydrogens is 310 g/mol. The van der Waals surface area contributed by atoms with E-state index in [1.165, 1.54) is 5.56 Å². The third-order valence-corrected chi connectivity index (χ3v) is 5.79. The molecule has 23 heavy (non-hydrogen) atoms. The molecule has 0 bridgehead atoms. The number of thiazole rings is 1. The van der Waals surface area contributed by atoms with Crippen LogP contribution in [0.15, 0.2) is 28.4 Å². The number of rotatable bonds is 4. The van der Waals surface area contributed by atoms with Crippen LogP contribution in [0.1, 0.15) is 35.5 Å². The van der Waals surface area contributed by atoms with Crippen molar-refractivity contribution in [2.75, 3.05) is 6.54 Å². The third-order valence-electron chi connectivity index (χ3n) is 4.96. The summed E-state index contributed by atoms with van der Waals surface area (Å²) in [4.78, 5) is 21.5. The predicted molar refractivity (Wildman–Crippen MR) is 87.9 cm³/mol. The summed E-state index contributed by atoms with van der Waals surface area (Å²) in [5, 5.41) is 3.14. The number of furan rings is 1. The quantitative estimate of drug-likeness (QED) is 0.864. The molecule has 2 aromatic rings. The molecule has 0 saturated carbocycles. The molecule has 2 aromatic heterocycles. The molecule has 0 radical (unpaired) electrons. The number of carbonyl (C=O) groups is 1. The number of fused-ring (bicyclic) bond motifs is 1.